The number of aromatic nitrogens is 3. The van der Waals surface area contributed by atoms with Crippen LogP contribution in [-0.2, 0) is 12.6 Å². The Kier molecular flexibility index (Phi) is 6.09. The molecule has 0 radical (unpaired) electrons. The van der Waals surface area contributed by atoms with E-state index in [1.165, 1.54) is 4.90 Å². The molecule has 2 aliphatic heterocycles. The van der Waals surface area contributed by atoms with Crippen LogP contribution in [0.2, 0.25) is 0 Å². The van der Waals surface area contributed by atoms with Gasteiger partial charge in [0.25, 0.3) is 5.92 Å². The zero-order valence-electron chi connectivity index (χ0n) is 16.9. The minimum absolute atomic E-state index is 0.0711. The number of nitrogens with one attached hydrogen (secondary N) is 1. The molecule has 0 unspecified atom stereocenters. The number of alkyl halides is 5. The van der Waals surface area contributed by atoms with E-state index in [1.54, 1.807) is 6.07 Å². The molecule has 4 heterocycles. The third-order valence-corrected chi connectivity index (χ3v) is 5.73. The van der Waals surface area contributed by atoms with E-state index in [-0.39, 0.29) is 30.4 Å². The Morgan fingerprint density at radius 2 is 1.87 bits per heavy atom. The highest BCUT2D eigenvalue weighted by molar-refractivity contribution is 5.36. The van der Waals surface area contributed by atoms with Gasteiger partial charge in [-0.05, 0) is 50.6 Å². The number of anilines is 1. The van der Waals surface area contributed by atoms with Gasteiger partial charge in [0, 0.05) is 42.9 Å². The van der Waals surface area contributed by atoms with Crippen molar-refractivity contribution >= 4 is 5.95 Å². The Morgan fingerprint density at radius 3 is 2.58 bits per heavy atom. The minimum atomic E-state index is -4.46. The van der Waals surface area contributed by atoms with Crippen LogP contribution in [0.15, 0.2) is 24.4 Å². The molecule has 0 bridgehead atoms. The molecular weight excluding hydrogens is 417 g/mol. The van der Waals surface area contributed by atoms with Crippen LogP contribution in [-0.4, -0.2) is 47.1 Å². The molecular formula is C21H24F5N5. The second-order valence-corrected chi connectivity index (χ2v) is 8.20. The summed E-state index contributed by atoms with van der Waals surface area (Å²) < 4.78 is 67.1. The van der Waals surface area contributed by atoms with Crippen molar-refractivity contribution in [3.05, 3.63) is 47.0 Å². The SMILES string of the molecule is FC1(F)CCCN(c2nc(Cc3cc(C(F)(F)F)ccn3)cc(C3CCNCC3)n2)C1. The van der Waals surface area contributed by atoms with Crippen LogP contribution in [0.4, 0.5) is 27.9 Å². The molecule has 0 saturated carbocycles. The van der Waals surface area contributed by atoms with E-state index < -0.39 is 24.2 Å². The molecule has 168 valence electrons. The van der Waals surface area contributed by atoms with Crippen LogP contribution in [0.25, 0.3) is 0 Å². The molecule has 4 rings (SSSR count). The Hall–Kier alpha value is -2.36. The quantitative estimate of drug-likeness (QED) is 0.722. The van der Waals surface area contributed by atoms with E-state index in [0.717, 1.165) is 50.0 Å². The van der Waals surface area contributed by atoms with Gasteiger partial charge < -0.3 is 10.2 Å². The van der Waals surface area contributed by atoms with Gasteiger partial charge in [-0.15, -0.1) is 0 Å². The van der Waals surface area contributed by atoms with Crippen molar-refractivity contribution in [3.63, 3.8) is 0 Å². The van der Waals surface area contributed by atoms with E-state index in [9.17, 15) is 22.0 Å². The maximum absolute atomic E-state index is 14.0. The predicted molar refractivity (Wildman–Crippen MR) is 105 cm³/mol. The lowest BCUT2D eigenvalue weighted by Crippen LogP contribution is -2.43. The van der Waals surface area contributed by atoms with Crippen LogP contribution in [0.5, 0.6) is 0 Å². The number of rotatable bonds is 4. The predicted octanol–water partition coefficient (Wildman–Crippen LogP) is 4.18. The van der Waals surface area contributed by atoms with Gasteiger partial charge in [-0.2, -0.15) is 13.2 Å². The summed E-state index contributed by atoms with van der Waals surface area (Å²) in [4.78, 5) is 14.6. The van der Waals surface area contributed by atoms with Crippen LogP contribution < -0.4 is 10.2 Å². The molecule has 10 heteroatoms. The van der Waals surface area contributed by atoms with Gasteiger partial charge in [-0.3, -0.25) is 4.98 Å². The number of hydrogen-bond donors (Lipinski definition) is 1. The smallest absolute Gasteiger partial charge is 0.335 e. The molecule has 5 nitrogen and oxygen atoms in total. The largest absolute Gasteiger partial charge is 0.416 e. The number of halogens is 5. The fraction of sp³-hybridized carbons (Fsp3) is 0.571. The lowest BCUT2D eigenvalue weighted by atomic mass is 9.93. The fourth-order valence-corrected chi connectivity index (χ4v) is 4.14. The van der Waals surface area contributed by atoms with Crippen LogP contribution in [0.3, 0.4) is 0 Å². The normalized spacial score (nSPS) is 20.1. The van der Waals surface area contributed by atoms with Gasteiger partial charge in [0.15, 0.2) is 0 Å². The molecule has 0 aromatic carbocycles. The molecule has 2 aromatic heterocycles. The lowest BCUT2D eigenvalue weighted by Gasteiger charge is -2.33. The molecule has 0 spiro atoms. The van der Waals surface area contributed by atoms with Crippen molar-refractivity contribution in [1.82, 2.24) is 20.3 Å². The summed E-state index contributed by atoms with van der Waals surface area (Å²) >= 11 is 0. The Morgan fingerprint density at radius 1 is 1.10 bits per heavy atom. The van der Waals surface area contributed by atoms with Gasteiger partial charge >= 0.3 is 6.18 Å². The highest BCUT2D eigenvalue weighted by Crippen LogP contribution is 2.32. The molecule has 2 saturated heterocycles. The van der Waals surface area contributed by atoms with Crippen LogP contribution in [0, 0.1) is 0 Å². The van der Waals surface area contributed by atoms with Crippen molar-refractivity contribution in [2.45, 2.75) is 50.1 Å². The fourth-order valence-electron chi connectivity index (χ4n) is 4.14. The van der Waals surface area contributed by atoms with Gasteiger partial charge in [0.1, 0.15) is 0 Å². The monoisotopic (exact) mass is 441 g/mol. The minimum Gasteiger partial charge on any atom is -0.335 e. The number of nitrogens with zero attached hydrogens (tertiary/aromatic N) is 4. The molecule has 1 N–H and O–H groups in total. The molecule has 0 amide bonds. The van der Waals surface area contributed by atoms with Gasteiger partial charge in [0.2, 0.25) is 5.95 Å². The number of pyridine rings is 1. The second-order valence-electron chi connectivity index (χ2n) is 8.20. The van der Waals surface area contributed by atoms with Gasteiger partial charge in [-0.1, -0.05) is 0 Å². The van der Waals surface area contributed by atoms with E-state index in [1.807, 2.05) is 0 Å². The van der Waals surface area contributed by atoms with Crippen LogP contribution >= 0.6 is 0 Å². The molecule has 0 aliphatic carbocycles. The van der Waals surface area contributed by atoms with Gasteiger partial charge in [-0.25, -0.2) is 18.7 Å². The zero-order chi connectivity index (χ0) is 22.1. The summed E-state index contributed by atoms with van der Waals surface area (Å²) in [5.74, 6) is -2.44. The molecule has 2 aromatic rings. The van der Waals surface area contributed by atoms with Crippen molar-refractivity contribution in [1.29, 1.82) is 0 Å². The summed E-state index contributed by atoms with van der Waals surface area (Å²) in [6, 6.07) is 3.70. The average molecular weight is 441 g/mol. The maximum atomic E-state index is 14.0. The summed E-state index contributed by atoms with van der Waals surface area (Å²) in [6.07, 6.45) is -1.40. The first kappa shape index (κ1) is 21.9. The Labute approximate surface area is 177 Å². The van der Waals surface area contributed by atoms with Crippen LogP contribution in [0.1, 0.15) is 54.2 Å². The molecule has 31 heavy (non-hydrogen) atoms. The molecule has 0 atom stereocenters. The first-order valence-corrected chi connectivity index (χ1v) is 10.4. The maximum Gasteiger partial charge on any atom is 0.416 e. The number of hydrogen-bond acceptors (Lipinski definition) is 5. The van der Waals surface area contributed by atoms with Crippen molar-refractivity contribution in [2.75, 3.05) is 31.1 Å². The van der Waals surface area contributed by atoms with Crippen molar-refractivity contribution < 1.29 is 22.0 Å². The lowest BCUT2D eigenvalue weighted by molar-refractivity contribution is -0.137. The summed E-state index contributed by atoms with van der Waals surface area (Å²) in [5.41, 5.74) is 0.683. The molecule has 2 fully saturated rings. The second kappa shape index (κ2) is 8.64. The first-order chi connectivity index (χ1) is 14.7. The number of piperidine rings is 2. The first-order valence-electron chi connectivity index (χ1n) is 10.4. The summed E-state index contributed by atoms with van der Waals surface area (Å²) in [7, 11) is 0. The third-order valence-electron chi connectivity index (χ3n) is 5.73. The van der Waals surface area contributed by atoms with Crippen molar-refractivity contribution in [3.8, 4) is 0 Å². The summed E-state index contributed by atoms with van der Waals surface area (Å²) in [5, 5.41) is 3.28. The topological polar surface area (TPSA) is 53.9 Å². The Balaban J connectivity index is 1.66. The highest BCUT2D eigenvalue weighted by atomic mass is 19.4. The van der Waals surface area contributed by atoms with E-state index in [0.29, 0.717) is 18.7 Å². The summed E-state index contributed by atoms with van der Waals surface area (Å²) in [6.45, 7) is 1.63. The standard InChI is InChI=1S/C21H24F5N5/c22-20(23)5-1-9-31(13-20)19-29-17(12-18(30-19)14-2-6-27-7-3-14)11-16-10-15(4-8-28-16)21(24,25)26/h4,8,10,12,14,27H,1-3,5-7,9,11,13H2. The average Bonchev–Trinajstić information content (AvgIpc) is 2.73. The third kappa shape index (κ3) is 5.47. The highest BCUT2D eigenvalue weighted by Gasteiger charge is 2.36. The van der Waals surface area contributed by atoms with E-state index in [4.69, 9.17) is 0 Å². The van der Waals surface area contributed by atoms with E-state index in [2.05, 4.69) is 20.3 Å². The van der Waals surface area contributed by atoms with Gasteiger partial charge in [0.05, 0.1) is 17.8 Å². The van der Waals surface area contributed by atoms with E-state index >= 15 is 0 Å². The zero-order valence-corrected chi connectivity index (χ0v) is 16.9. The Bertz CT molecular complexity index is 911. The molecule has 2 aliphatic rings. The van der Waals surface area contributed by atoms with Crippen molar-refractivity contribution in [2.24, 2.45) is 0 Å².